The Hall–Kier alpha value is -3.20. The van der Waals surface area contributed by atoms with E-state index in [1.165, 1.54) is 26.0 Å². The van der Waals surface area contributed by atoms with E-state index in [1.54, 1.807) is 32.0 Å². The van der Waals surface area contributed by atoms with Crippen LogP contribution in [0.3, 0.4) is 0 Å². The molecular formula is C19H22N4O5. The van der Waals surface area contributed by atoms with Crippen molar-refractivity contribution in [3.05, 3.63) is 35.3 Å². The van der Waals surface area contributed by atoms with Crippen LogP contribution in [0.4, 0.5) is 11.5 Å². The van der Waals surface area contributed by atoms with Crippen molar-refractivity contribution >= 4 is 23.1 Å². The van der Waals surface area contributed by atoms with Crippen molar-refractivity contribution in [3.63, 3.8) is 0 Å². The van der Waals surface area contributed by atoms with Crippen molar-refractivity contribution in [1.29, 1.82) is 0 Å². The molecule has 0 spiro atoms. The van der Waals surface area contributed by atoms with E-state index in [-0.39, 0.29) is 22.8 Å². The Balaban J connectivity index is 2.32. The molecule has 2 aromatic rings. The topological polar surface area (TPSA) is 117 Å². The van der Waals surface area contributed by atoms with E-state index >= 15 is 0 Å². The van der Waals surface area contributed by atoms with E-state index in [0.29, 0.717) is 29.4 Å². The van der Waals surface area contributed by atoms with Gasteiger partial charge in [-0.15, -0.1) is 0 Å². The summed E-state index contributed by atoms with van der Waals surface area (Å²) in [5.41, 5.74) is -0.834. The minimum Gasteiger partial charge on any atom is -0.497 e. The average Bonchev–Trinajstić information content (AvgIpc) is 2.87. The number of ether oxygens (including phenoxy) is 2. The molecule has 0 radical (unpaired) electrons. The average molecular weight is 386 g/mol. The summed E-state index contributed by atoms with van der Waals surface area (Å²) >= 11 is 0. The molecule has 0 fully saturated rings. The summed E-state index contributed by atoms with van der Waals surface area (Å²) in [4.78, 5) is 23.2. The number of fused-ring (bicyclic) bond motifs is 1. The van der Waals surface area contributed by atoms with Gasteiger partial charge in [0, 0.05) is 6.07 Å². The number of methoxy groups -OCH3 is 2. The first-order valence-electron chi connectivity index (χ1n) is 8.69. The molecule has 9 heteroatoms. The number of carbonyl (C=O) groups is 1. The first-order valence-corrected chi connectivity index (χ1v) is 8.69. The third kappa shape index (κ3) is 2.84. The van der Waals surface area contributed by atoms with Gasteiger partial charge in [0.05, 0.1) is 25.5 Å². The lowest BCUT2D eigenvalue weighted by Gasteiger charge is -2.21. The summed E-state index contributed by atoms with van der Waals surface area (Å²) in [6, 6.07) is 4.97. The van der Waals surface area contributed by atoms with Crippen molar-refractivity contribution in [1.82, 2.24) is 9.97 Å². The predicted molar refractivity (Wildman–Crippen MR) is 102 cm³/mol. The Morgan fingerprint density at radius 3 is 2.57 bits per heavy atom. The molecule has 28 heavy (non-hydrogen) atoms. The molecule has 1 aliphatic heterocycles. The van der Waals surface area contributed by atoms with Crippen LogP contribution in [0.15, 0.2) is 23.4 Å². The molecule has 1 unspecified atom stereocenters. The zero-order valence-corrected chi connectivity index (χ0v) is 16.3. The van der Waals surface area contributed by atoms with E-state index in [9.17, 15) is 15.1 Å². The van der Waals surface area contributed by atoms with Gasteiger partial charge in [-0.1, -0.05) is 12.1 Å². The SMILES string of the molecule is CC/C(=N/O)c1nc(C)nc2c1C(C)(O)C(=O)N2c1ccc(OC)cc1OC. The first kappa shape index (κ1) is 19.6. The monoisotopic (exact) mass is 386 g/mol. The Labute approximate surface area is 162 Å². The highest BCUT2D eigenvalue weighted by molar-refractivity contribution is 6.14. The van der Waals surface area contributed by atoms with E-state index < -0.39 is 11.5 Å². The van der Waals surface area contributed by atoms with Crippen LogP contribution in [0.2, 0.25) is 0 Å². The fraction of sp³-hybridized carbons (Fsp3) is 0.368. The molecule has 1 atom stereocenters. The van der Waals surface area contributed by atoms with Crippen molar-refractivity contribution < 1.29 is 24.6 Å². The minimum atomic E-state index is -1.91. The van der Waals surface area contributed by atoms with Crippen LogP contribution in [0, 0.1) is 6.92 Å². The number of hydrogen-bond acceptors (Lipinski definition) is 8. The zero-order chi connectivity index (χ0) is 20.6. The summed E-state index contributed by atoms with van der Waals surface area (Å²) < 4.78 is 10.6. The maximum Gasteiger partial charge on any atom is 0.269 e. The van der Waals surface area contributed by atoms with Crippen molar-refractivity contribution in [2.75, 3.05) is 19.1 Å². The number of aliphatic hydroxyl groups is 1. The molecule has 0 aliphatic carbocycles. The van der Waals surface area contributed by atoms with Gasteiger partial charge in [-0.2, -0.15) is 0 Å². The van der Waals surface area contributed by atoms with Crippen LogP contribution >= 0.6 is 0 Å². The lowest BCUT2D eigenvalue weighted by molar-refractivity contribution is -0.133. The maximum absolute atomic E-state index is 13.2. The van der Waals surface area contributed by atoms with Gasteiger partial charge in [-0.3, -0.25) is 9.69 Å². The van der Waals surface area contributed by atoms with Gasteiger partial charge in [-0.25, -0.2) is 9.97 Å². The quantitative estimate of drug-likeness (QED) is 0.460. The molecule has 1 aromatic carbocycles. The largest absolute Gasteiger partial charge is 0.497 e. The fourth-order valence-electron chi connectivity index (χ4n) is 3.28. The number of hydrogen-bond donors (Lipinski definition) is 2. The van der Waals surface area contributed by atoms with Gasteiger partial charge in [0.1, 0.15) is 28.7 Å². The molecule has 1 amide bonds. The molecular weight excluding hydrogens is 364 g/mol. The second kappa shape index (κ2) is 7.08. The normalized spacial score (nSPS) is 19.0. The third-order valence-electron chi connectivity index (χ3n) is 4.68. The molecule has 0 bridgehead atoms. The highest BCUT2D eigenvalue weighted by Gasteiger charge is 2.51. The molecule has 2 N–H and O–H groups in total. The van der Waals surface area contributed by atoms with E-state index in [1.807, 2.05) is 0 Å². The van der Waals surface area contributed by atoms with Crippen LogP contribution in [-0.2, 0) is 10.4 Å². The molecule has 3 rings (SSSR count). The van der Waals surface area contributed by atoms with Gasteiger partial charge < -0.3 is 19.8 Å². The highest BCUT2D eigenvalue weighted by atomic mass is 16.5. The number of benzene rings is 1. The second-order valence-corrected chi connectivity index (χ2v) is 6.47. The molecule has 1 aliphatic rings. The zero-order valence-electron chi connectivity index (χ0n) is 16.3. The van der Waals surface area contributed by atoms with E-state index in [4.69, 9.17) is 9.47 Å². The smallest absolute Gasteiger partial charge is 0.269 e. The number of aryl methyl sites for hydroxylation is 1. The highest BCUT2D eigenvalue weighted by Crippen LogP contribution is 2.47. The number of anilines is 2. The van der Waals surface area contributed by atoms with Gasteiger partial charge in [0.2, 0.25) is 0 Å². The maximum atomic E-state index is 13.2. The third-order valence-corrected chi connectivity index (χ3v) is 4.68. The number of oxime groups is 1. The van der Waals surface area contributed by atoms with Gasteiger partial charge in [-0.05, 0) is 32.4 Å². The Morgan fingerprint density at radius 2 is 2.00 bits per heavy atom. The summed E-state index contributed by atoms with van der Waals surface area (Å²) in [5, 5.41) is 23.7. The lowest BCUT2D eigenvalue weighted by atomic mass is 9.95. The fourth-order valence-corrected chi connectivity index (χ4v) is 3.28. The first-order chi connectivity index (χ1) is 13.3. The summed E-state index contributed by atoms with van der Waals surface area (Å²) in [7, 11) is 3.00. The predicted octanol–water partition coefficient (Wildman–Crippen LogP) is 2.28. The summed E-state index contributed by atoms with van der Waals surface area (Å²) in [5.74, 6) is 0.905. The van der Waals surface area contributed by atoms with Crippen LogP contribution in [0.25, 0.3) is 0 Å². The van der Waals surface area contributed by atoms with Crippen LogP contribution in [-0.4, -0.2) is 46.1 Å². The Bertz CT molecular complexity index is 971. The number of rotatable bonds is 5. The summed E-state index contributed by atoms with van der Waals surface area (Å²) in [6.45, 7) is 4.82. The Morgan fingerprint density at radius 1 is 1.29 bits per heavy atom. The number of nitrogens with zero attached hydrogens (tertiary/aromatic N) is 4. The number of amides is 1. The lowest BCUT2D eigenvalue weighted by Crippen LogP contribution is -2.36. The van der Waals surface area contributed by atoms with Gasteiger partial charge in [0.25, 0.3) is 5.91 Å². The van der Waals surface area contributed by atoms with Gasteiger partial charge in [0.15, 0.2) is 11.4 Å². The minimum absolute atomic E-state index is 0.190. The Kier molecular flexibility index (Phi) is 4.95. The summed E-state index contributed by atoms with van der Waals surface area (Å²) in [6.07, 6.45) is 0.357. The standard InChI is InChI=1S/C19H22N4O5/c1-6-12(22-26)16-15-17(21-10(2)20-16)23(18(24)19(15,3)25)13-8-7-11(27-4)9-14(13)28-5/h7-9,25-26H,6H2,1-5H3/b22-12-. The van der Waals surface area contributed by atoms with Crippen LogP contribution in [0.5, 0.6) is 11.5 Å². The molecule has 148 valence electrons. The van der Waals surface area contributed by atoms with Crippen molar-refractivity contribution in [2.24, 2.45) is 5.16 Å². The molecule has 1 aromatic heterocycles. The number of aromatic nitrogens is 2. The van der Waals surface area contributed by atoms with Crippen LogP contribution < -0.4 is 14.4 Å². The van der Waals surface area contributed by atoms with E-state index in [2.05, 4.69) is 15.1 Å². The van der Waals surface area contributed by atoms with Crippen molar-refractivity contribution in [2.45, 2.75) is 32.8 Å². The van der Waals surface area contributed by atoms with Crippen molar-refractivity contribution in [3.8, 4) is 11.5 Å². The molecule has 9 nitrogen and oxygen atoms in total. The van der Waals surface area contributed by atoms with Gasteiger partial charge >= 0.3 is 0 Å². The second-order valence-electron chi connectivity index (χ2n) is 6.47. The molecule has 0 saturated carbocycles. The number of carbonyl (C=O) groups excluding carboxylic acids is 1. The van der Waals surface area contributed by atoms with E-state index in [0.717, 1.165) is 0 Å². The molecule has 2 heterocycles. The van der Waals surface area contributed by atoms with Crippen LogP contribution in [0.1, 0.15) is 37.4 Å². The molecule has 0 saturated heterocycles.